The maximum absolute atomic E-state index is 6.14. The van der Waals surface area contributed by atoms with Gasteiger partial charge in [0, 0.05) is 10.2 Å². The van der Waals surface area contributed by atoms with Gasteiger partial charge < -0.3 is 5.32 Å². The topological polar surface area (TPSA) is 24.4 Å². The zero-order chi connectivity index (χ0) is 12.5. The van der Waals surface area contributed by atoms with E-state index in [0.29, 0.717) is 5.02 Å². The van der Waals surface area contributed by atoms with E-state index in [1.807, 2.05) is 18.2 Å². The fourth-order valence-electron chi connectivity index (χ4n) is 1.53. The Balaban J connectivity index is 2.21. The molecular weight excluding hydrogens is 320 g/mol. The normalized spacial score (nSPS) is 18.7. The summed E-state index contributed by atoms with van der Waals surface area (Å²) in [5.74, 6) is 1.09. The summed E-state index contributed by atoms with van der Waals surface area (Å²) in [6, 6.07) is 5.76. The summed E-state index contributed by atoms with van der Waals surface area (Å²) in [4.78, 5) is 4.67. The standard InChI is InChI=1S/C12H14BrClN2S/c1-12(2)5-6-17-11(16-12)15-10-7-8(13)3-4-9(10)14/h3-4,7H,5-6H2,1-2H3,(H,15,16). The first-order chi connectivity index (χ1) is 7.96. The molecule has 5 heteroatoms. The Bertz CT molecular complexity index is 460. The molecule has 0 atom stereocenters. The van der Waals surface area contributed by atoms with Crippen molar-refractivity contribution in [3.05, 3.63) is 27.7 Å². The molecule has 0 unspecified atom stereocenters. The van der Waals surface area contributed by atoms with E-state index in [2.05, 4.69) is 40.1 Å². The van der Waals surface area contributed by atoms with Crippen molar-refractivity contribution in [1.82, 2.24) is 0 Å². The first kappa shape index (κ1) is 13.2. The van der Waals surface area contributed by atoms with Gasteiger partial charge in [0.05, 0.1) is 16.2 Å². The maximum atomic E-state index is 6.14. The van der Waals surface area contributed by atoms with Gasteiger partial charge in [-0.3, -0.25) is 4.99 Å². The predicted octanol–water partition coefficient (Wildman–Crippen LogP) is 4.79. The number of halogens is 2. The van der Waals surface area contributed by atoms with Crippen LogP contribution in [0, 0.1) is 0 Å². The highest BCUT2D eigenvalue weighted by Crippen LogP contribution is 2.30. The lowest BCUT2D eigenvalue weighted by Crippen LogP contribution is -2.27. The summed E-state index contributed by atoms with van der Waals surface area (Å²) < 4.78 is 1.00. The highest BCUT2D eigenvalue weighted by Gasteiger charge is 2.22. The molecule has 0 amide bonds. The van der Waals surface area contributed by atoms with E-state index in [9.17, 15) is 0 Å². The van der Waals surface area contributed by atoms with Crippen LogP contribution >= 0.6 is 39.3 Å². The van der Waals surface area contributed by atoms with Crippen LogP contribution in [0.1, 0.15) is 20.3 Å². The van der Waals surface area contributed by atoms with Gasteiger partial charge in [-0.1, -0.05) is 39.3 Å². The molecule has 1 aromatic rings. The van der Waals surface area contributed by atoms with Gasteiger partial charge in [0.25, 0.3) is 0 Å². The fraction of sp³-hybridized carbons (Fsp3) is 0.417. The van der Waals surface area contributed by atoms with E-state index >= 15 is 0 Å². The van der Waals surface area contributed by atoms with E-state index in [4.69, 9.17) is 11.6 Å². The third kappa shape index (κ3) is 3.63. The zero-order valence-corrected chi connectivity index (χ0v) is 12.9. The number of hydrogen-bond acceptors (Lipinski definition) is 3. The number of amidine groups is 1. The zero-order valence-electron chi connectivity index (χ0n) is 9.76. The van der Waals surface area contributed by atoms with E-state index < -0.39 is 0 Å². The van der Waals surface area contributed by atoms with Crippen LogP contribution in [0.4, 0.5) is 5.69 Å². The van der Waals surface area contributed by atoms with Crippen LogP contribution in [-0.2, 0) is 0 Å². The molecule has 1 N–H and O–H groups in total. The minimum Gasteiger partial charge on any atom is -0.334 e. The summed E-state index contributed by atoms with van der Waals surface area (Å²) >= 11 is 11.3. The number of thioether (sulfide) groups is 1. The fourth-order valence-corrected chi connectivity index (χ4v) is 3.35. The van der Waals surface area contributed by atoms with Crippen molar-refractivity contribution in [3.63, 3.8) is 0 Å². The van der Waals surface area contributed by atoms with Gasteiger partial charge in [0.1, 0.15) is 0 Å². The molecule has 17 heavy (non-hydrogen) atoms. The molecule has 0 fully saturated rings. The van der Waals surface area contributed by atoms with Crippen molar-refractivity contribution < 1.29 is 0 Å². The molecule has 1 heterocycles. The summed E-state index contributed by atoms with van der Waals surface area (Å²) in [6.45, 7) is 4.30. The number of nitrogens with one attached hydrogen (secondary N) is 1. The number of anilines is 1. The second-order valence-electron chi connectivity index (χ2n) is 4.58. The highest BCUT2D eigenvalue weighted by molar-refractivity contribution is 9.10. The Morgan fingerprint density at radius 2 is 2.24 bits per heavy atom. The van der Waals surface area contributed by atoms with Gasteiger partial charge >= 0.3 is 0 Å². The van der Waals surface area contributed by atoms with Crippen LogP contribution in [-0.4, -0.2) is 16.5 Å². The van der Waals surface area contributed by atoms with Crippen molar-refractivity contribution in [2.24, 2.45) is 4.99 Å². The first-order valence-corrected chi connectivity index (χ1v) is 7.57. The van der Waals surface area contributed by atoms with Crippen molar-refractivity contribution in [3.8, 4) is 0 Å². The van der Waals surface area contributed by atoms with Crippen LogP contribution in [0.2, 0.25) is 5.02 Å². The molecule has 0 bridgehead atoms. The molecule has 1 aliphatic rings. The number of nitrogens with zero attached hydrogens (tertiary/aromatic N) is 1. The van der Waals surface area contributed by atoms with Crippen molar-refractivity contribution in [1.29, 1.82) is 0 Å². The van der Waals surface area contributed by atoms with Gasteiger partial charge in [-0.2, -0.15) is 0 Å². The maximum Gasteiger partial charge on any atom is 0.161 e. The molecule has 92 valence electrons. The Morgan fingerprint density at radius 1 is 1.47 bits per heavy atom. The monoisotopic (exact) mass is 332 g/mol. The van der Waals surface area contributed by atoms with Crippen LogP contribution < -0.4 is 5.32 Å². The van der Waals surface area contributed by atoms with E-state index in [0.717, 1.165) is 27.5 Å². The third-order valence-electron chi connectivity index (χ3n) is 2.53. The molecule has 2 nitrogen and oxygen atoms in total. The molecule has 1 aromatic carbocycles. The van der Waals surface area contributed by atoms with Gasteiger partial charge in [-0.05, 0) is 38.5 Å². The average Bonchev–Trinajstić information content (AvgIpc) is 2.22. The van der Waals surface area contributed by atoms with Crippen LogP contribution in [0.3, 0.4) is 0 Å². The summed E-state index contributed by atoms with van der Waals surface area (Å²) in [5, 5.41) is 4.95. The minimum absolute atomic E-state index is 0.0199. The first-order valence-electron chi connectivity index (χ1n) is 5.41. The Kier molecular flexibility index (Phi) is 4.06. The molecule has 0 aliphatic carbocycles. The second kappa shape index (κ2) is 5.21. The number of benzene rings is 1. The quantitative estimate of drug-likeness (QED) is 0.799. The molecule has 2 rings (SSSR count). The average molecular weight is 334 g/mol. The van der Waals surface area contributed by atoms with E-state index in [1.165, 1.54) is 0 Å². The van der Waals surface area contributed by atoms with Crippen molar-refractivity contribution in [2.45, 2.75) is 25.8 Å². The summed E-state index contributed by atoms with van der Waals surface area (Å²) in [7, 11) is 0. The van der Waals surface area contributed by atoms with Crippen LogP contribution in [0.25, 0.3) is 0 Å². The number of rotatable bonds is 1. The highest BCUT2D eigenvalue weighted by atomic mass is 79.9. The number of aliphatic imine (C=N–C) groups is 1. The van der Waals surface area contributed by atoms with Crippen LogP contribution in [0.5, 0.6) is 0 Å². The Labute approximate surface area is 119 Å². The Hall–Kier alpha value is -0.190. The van der Waals surface area contributed by atoms with Crippen LogP contribution in [0.15, 0.2) is 27.7 Å². The molecule has 0 spiro atoms. The molecule has 0 saturated heterocycles. The lowest BCUT2D eigenvalue weighted by molar-refractivity contribution is 0.507. The van der Waals surface area contributed by atoms with Crippen molar-refractivity contribution >= 4 is 50.1 Å². The molecule has 0 aromatic heterocycles. The lowest BCUT2D eigenvalue weighted by Gasteiger charge is -2.26. The minimum atomic E-state index is 0.0199. The van der Waals surface area contributed by atoms with Gasteiger partial charge in [-0.15, -0.1) is 0 Å². The number of hydrogen-bond donors (Lipinski definition) is 1. The molecule has 0 saturated carbocycles. The second-order valence-corrected chi connectivity index (χ2v) is 6.98. The van der Waals surface area contributed by atoms with Crippen molar-refractivity contribution in [2.75, 3.05) is 11.1 Å². The third-order valence-corrected chi connectivity index (χ3v) is 4.22. The Morgan fingerprint density at radius 3 is 2.94 bits per heavy atom. The predicted molar refractivity (Wildman–Crippen MR) is 81.4 cm³/mol. The smallest absolute Gasteiger partial charge is 0.161 e. The molecular formula is C12H14BrClN2S. The van der Waals surface area contributed by atoms with Gasteiger partial charge in [-0.25, -0.2) is 0 Å². The van der Waals surface area contributed by atoms with E-state index in [1.54, 1.807) is 11.8 Å². The molecule has 1 aliphatic heterocycles. The van der Waals surface area contributed by atoms with Gasteiger partial charge in [0.2, 0.25) is 0 Å². The SMILES string of the molecule is CC1(C)CCSC(Nc2cc(Br)ccc2Cl)=N1. The lowest BCUT2D eigenvalue weighted by atomic mass is 10.0. The van der Waals surface area contributed by atoms with Gasteiger partial charge in [0.15, 0.2) is 5.17 Å². The largest absolute Gasteiger partial charge is 0.334 e. The summed E-state index contributed by atoms with van der Waals surface area (Å²) in [5.41, 5.74) is 0.913. The molecule has 0 radical (unpaired) electrons. The summed E-state index contributed by atoms with van der Waals surface area (Å²) in [6.07, 6.45) is 1.11. The van der Waals surface area contributed by atoms with E-state index in [-0.39, 0.29) is 5.54 Å².